The van der Waals surface area contributed by atoms with Crippen LogP contribution in [-0.2, 0) is 6.54 Å². The number of aromatic nitrogens is 2. The van der Waals surface area contributed by atoms with Crippen LogP contribution in [0.1, 0.15) is 11.1 Å². The maximum absolute atomic E-state index is 11.7. The molecule has 0 atom stereocenters. The van der Waals surface area contributed by atoms with Crippen LogP contribution >= 0.6 is 11.6 Å². The molecule has 3 nitrogen and oxygen atoms in total. The molecule has 0 aliphatic rings. The zero-order valence-electron chi connectivity index (χ0n) is 8.85. The van der Waals surface area contributed by atoms with E-state index in [0.717, 1.165) is 11.1 Å². The number of hydrogen-bond acceptors (Lipinski definition) is 2. The van der Waals surface area contributed by atoms with E-state index in [1.165, 1.54) is 0 Å². The van der Waals surface area contributed by atoms with Crippen molar-refractivity contribution in [1.82, 2.24) is 9.55 Å². The van der Waals surface area contributed by atoms with Gasteiger partial charge in [-0.25, -0.2) is 4.98 Å². The van der Waals surface area contributed by atoms with Crippen molar-refractivity contribution in [2.24, 2.45) is 0 Å². The van der Waals surface area contributed by atoms with Crippen LogP contribution in [0.5, 0.6) is 0 Å². The molecule has 0 bridgehead atoms. The third-order valence-corrected chi connectivity index (χ3v) is 2.67. The number of pyridine rings is 2. The molecule has 0 unspecified atom stereocenters. The maximum atomic E-state index is 11.7. The number of hydrogen-bond donors (Lipinski definition) is 0. The van der Waals surface area contributed by atoms with Crippen LogP contribution in [0.25, 0.3) is 0 Å². The van der Waals surface area contributed by atoms with Crippen molar-refractivity contribution >= 4 is 11.6 Å². The molecule has 0 aliphatic carbocycles. The molecule has 0 spiro atoms. The van der Waals surface area contributed by atoms with Crippen LogP contribution in [-0.4, -0.2) is 9.55 Å². The predicted octanol–water partition coefficient (Wildman–Crippen LogP) is 2.25. The fourth-order valence-corrected chi connectivity index (χ4v) is 1.64. The lowest BCUT2D eigenvalue weighted by atomic mass is 10.2. The van der Waals surface area contributed by atoms with Gasteiger partial charge in [0.2, 0.25) is 0 Å². The molecule has 0 radical (unpaired) electrons. The summed E-state index contributed by atoms with van der Waals surface area (Å²) in [5, 5.41) is 0.440. The fourth-order valence-electron chi connectivity index (χ4n) is 1.46. The van der Waals surface area contributed by atoms with Gasteiger partial charge < -0.3 is 4.57 Å². The van der Waals surface area contributed by atoms with E-state index in [0.29, 0.717) is 11.7 Å². The lowest BCUT2D eigenvalue weighted by Crippen LogP contribution is -2.19. The van der Waals surface area contributed by atoms with E-state index >= 15 is 0 Å². The Morgan fingerprint density at radius 2 is 2.25 bits per heavy atom. The lowest BCUT2D eigenvalue weighted by Gasteiger charge is -2.06. The molecule has 2 aromatic rings. The average molecular weight is 235 g/mol. The highest BCUT2D eigenvalue weighted by Crippen LogP contribution is 2.12. The zero-order valence-corrected chi connectivity index (χ0v) is 9.61. The molecule has 16 heavy (non-hydrogen) atoms. The molecule has 4 heteroatoms. The van der Waals surface area contributed by atoms with Gasteiger partial charge in [-0.15, -0.1) is 0 Å². The van der Waals surface area contributed by atoms with Gasteiger partial charge in [0, 0.05) is 24.0 Å². The van der Waals surface area contributed by atoms with E-state index in [4.69, 9.17) is 11.6 Å². The SMILES string of the molecule is Cc1ccn(Cc2cccnc2Cl)c(=O)c1. The summed E-state index contributed by atoms with van der Waals surface area (Å²) < 4.78 is 1.61. The molecule has 2 aromatic heterocycles. The van der Waals surface area contributed by atoms with Crippen LogP contribution in [0.3, 0.4) is 0 Å². The maximum Gasteiger partial charge on any atom is 0.251 e. The van der Waals surface area contributed by atoms with E-state index in [9.17, 15) is 4.79 Å². The molecular weight excluding hydrogens is 224 g/mol. The van der Waals surface area contributed by atoms with Gasteiger partial charge in [0.25, 0.3) is 5.56 Å². The second kappa shape index (κ2) is 4.49. The first-order valence-electron chi connectivity index (χ1n) is 4.93. The van der Waals surface area contributed by atoms with Crippen LogP contribution < -0.4 is 5.56 Å². The van der Waals surface area contributed by atoms with Gasteiger partial charge in [-0.2, -0.15) is 0 Å². The summed E-state index contributed by atoms with van der Waals surface area (Å²) in [6, 6.07) is 7.16. The van der Waals surface area contributed by atoms with Gasteiger partial charge in [-0.3, -0.25) is 4.79 Å². The van der Waals surface area contributed by atoms with E-state index < -0.39 is 0 Å². The normalized spacial score (nSPS) is 10.4. The highest BCUT2D eigenvalue weighted by Gasteiger charge is 2.02. The zero-order chi connectivity index (χ0) is 11.5. The Kier molecular flexibility index (Phi) is 3.06. The Balaban J connectivity index is 2.35. The van der Waals surface area contributed by atoms with Gasteiger partial charge in [0.05, 0.1) is 6.54 Å². The fraction of sp³-hybridized carbons (Fsp3) is 0.167. The van der Waals surface area contributed by atoms with Gasteiger partial charge >= 0.3 is 0 Å². The molecule has 0 aliphatic heterocycles. The van der Waals surface area contributed by atoms with Gasteiger partial charge in [-0.05, 0) is 24.6 Å². The van der Waals surface area contributed by atoms with E-state index in [-0.39, 0.29) is 5.56 Å². The summed E-state index contributed by atoms with van der Waals surface area (Å²) in [5.74, 6) is 0. The Morgan fingerprint density at radius 1 is 1.44 bits per heavy atom. The van der Waals surface area contributed by atoms with Crippen molar-refractivity contribution in [3.63, 3.8) is 0 Å². The summed E-state index contributed by atoms with van der Waals surface area (Å²) in [4.78, 5) is 15.6. The summed E-state index contributed by atoms with van der Waals surface area (Å²) >= 11 is 5.93. The second-order valence-corrected chi connectivity index (χ2v) is 3.98. The van der Waals surface area contributed by atoms with E-state index in [2.05, 4.69) is 4.98 Å². The minimum Gasteiger partial charge on any atom is -0.311 e. The van der Waals surface area contributed by atoms with Crippen LogP contribution in [0.2, 0.25) is 5.15 Å². The average Bonchev–Trinajstić information content (AvgIpc) is 2.25. The van der Waals surface area contributed by atoms with Crippen molar-refractivity contribution in [2.75, 3.05) is 0 Å². The quantitative estimate of drug-likeness (QED) is 0.747. The molecule has 0 saturated heterocycles. The first-order chi connectivity index (χ1) is 7.66. The molecule has 0 aromatic carbocycles. The highest BCUT2D eigenvalue weighted by atomic mass is 35.5. The molecule has 0 amide bonds. The van der Waals surface area contributed by atoms with Gasteiger partial charge in [-0.1, -0.05) is 17.7 Å². The van der Waals surface area contributed by atoms with Gasteiger partial charge in [0.1, 0.15) is 5.15 Å². The molecule has 2 heterocycles. The largest absolute Gasteiger partial charge is 0.311 e. The Bertz CT molecular complexity index is 563. The second-order valence-electron chi connectivity index (χ2n) is 3.62. The van der Waals surface area contributed by atoms with E-state index in [1.54, 1.807) is 29.1 Å². The van der Waals surface area contributed by atoms with Crippen LogP contribution in [0.4, 0.5) is 0 Å². The molecule has 2 rings (SSSR count). The number of aryl methyl sites for hydroxylation is 1. The minimum atomic E-state index is -0.0279. The standard InChI is InChI=1S/C12H11ClN2O/c1-9-4-6-15(11(16)7-9)8-10-3-2-5-14-12(10)13/h2-7H,8H2,1H3. The Morgan fingerprint density at radius 3 is 2.94 bits per heavy atom. The monoisotopic (exact) mass is 234 g/mol. The third kappa shape index (κ3) is 2.31. The Labute approximate surface area is 98.3 Å². The van der Waals surface area contributed by atoms with Crippen molar-refractivity contribution in [3.05, 3.63) is 63.3 Å². The summed E-state index contributed by atoms with van der Waals surface area (Å²) in [7, 11) is 0. The van der Waals surface area contributed by atoms with Crippen molar-refractivity contribution in [1.29, 1.82) is 0 Å². The van der Waals surface area contributed by atoms with Gasteiger partial charge in [0.15, 0.2) is 0 Å². The summed E-state index contributed by atoms with van der Waals surface area (Å²) in [6.45, 7) is 2.34. The number of rotatable bonds is 2. The molecule has 0 saturated carbocycles. The topological polar surface area (TPSA) is 34.9 Å². The van der Waals surface area contributed by atoms with Crippen molar-refractivity contribution < 1.29 is 0 Å². The molecule has 0 N–H and O–H groups in total. The number of halogens is 1. The molecule has 82 valence electrons. The van der Waals surface area contributed by atoms with Crippen LogP contribution in [0.15, 0.2) is 41.5 Å². The lowest BCUT2D eigenvalue weighted by molar-refractivity contribution is 0.754. The number of nitrogens with zero attached hydrogens (tertiary/aromatic N) is 2. The highest BCUT2D eigenvalue weighted by molar-refractivity contribution is 6.30. The summed E-state index contributed by atoms with van der Waals surface area (Å²) in [6.07, 6.45) is 3.39. The first-order valence-corrected chi connectivity index (χ1v) is 5.31. The third-order valence-electron chi connectivity index (χ3n) is 2.33. The van der Waals surface area contributed by atoms with Crippen molar-refractivity contribution in [2.45, 2.75) is 13.5 Å². The molecule has 0 fully saturated rings. The van der Waals surface area contributed by atoms with Crippen LogP contribution in [0, 0.1) is 6.92 Å². The Hall–Kier alpha value is -1.61. The van der Waals surface area contributed by atoms with E-state index in [1.807, 2.05) is 19.1 Å². The van der Waals surface area contributed by atoms with Crippen molar-refractivity contribution in [3.8, 4) is 0 Å². The first kappa shape index (κ1) is 10.9. The molecular formula is C12H11ClN2O. The summed E-state index contributed by atoms with van der Waals surface area (Å²) in [5.41, 5.74) is 1.77. The smallest absolute Gasteiger partial charge is 0.251 e. The minimum absolute atomic E-state index is 0.0279. The predicted molar refractivity (Wildman–Crippen MR) is 63.8 cm³/mol.